The maximum atomic E-state index is 3.47. The molecule has 35 heavy (non-hydrogen) atoms. The smallest absolute Gasteiger partial charge is 1.00 e. The van der Waals surface area contributed by atoms with Crippen LogP contribution in [0.1, 0.15) is 83.1 Å². The SMILES string of the molecule is CC1=[C-]C(C)C(C)=C1C(C)(C)C.CC1=[C-]C(C)C(C)=C1C(C)(C)C.[CH3][Ge](=[Hf+2])[c]1ccccc1.[Cl-].[Cl-]. The van der Waals surface area contributed by atoms with Crippen LogP contribution in [0.3, 0.4) is 0 Å². The molecule has 0 amide bonds. The fourth-order valence-corrected chi connectivity index (χ4v) is 9.60. The van der Waals surface area contributed by atoms with Gasteiger partial charge in [0.15, 0.2) is 0 Å². The average Bonchev–Trinajstić information content (AvgIpc) is 3.09. The number of hydrogen-bond acceptors (Lipinski definition) is 0. The van der Waals surface area contributed by atoms with E-state index in [1.165, 1.54) is 54.7 Å². The molecule has 194 valence electrons. The van der Waals surface area contributed by atoms with Crippen molar-refractivity contribution in [3.05, 3.63) is 75.9 Å². The number of halogens is 2. The summed E-state index contributed by atoms with van der Waals surface area (Å²) in [7, 11) is -0.627. The summed E-state index contributed by atoms with van der Waals surface area (Å²) in [4.78, 5) is 0. The third-order valence-electron chi connectivity index (χ3n) is 6.41. The van der Waals surface area contributed by atoms with E-state index in [4.69, 9.17) is 0 Å². The minimum Gasteiger partial charge on any atom is -1.00 e. The fourth-order valence-electron chi connectivity index (χ4n) is 5.03. The summed E-state index contributed by atoms with van der Waals surface area (Å²) in [5, 5.41) is 0. The molecule has 1 aromatic carbocycles. The maximum Gasteiger partial charge on any atom is -1.00 e. The standard InChI is InChI=1S/2C12H19.C7H8Ge.2ClH.Hf/c2*1-8-7-9(2)11(10(8)3)12(4,5)6;1-8-7-5-3-2-4-6-7;;;/h2*8H,1-6H3;2-6H,1H3;2*1H;/q2*-1;;;;+2/p-2. The molecule has 0 N–H and O–H groups in total. The van der Waals surface area contributed by atoms with Crippen LogP contribution < -0.4 is 29.2 Å². The van der Waals surface area contributed by atoms with Crippen molar-refractivity contribution in [2.75, 3.05) is 0 Å². The van der Waals surface area contributed by atoms with Gasteiger partial charge in [-0.15, -0.1) is 0 Å². The van der Waals surface area contributed by atoms with Gasteiger partial charge in [-0.2, -0.15) is 22.3 Å². The molecule has 0 heterocycles. The van der Waals surface area contributed by atoms with Crippen molar-refractivity contribution in [3.63, 3.8) is 0 Å². The van der Waals surface area contributed by atoms with E-state index >= 15 is 0 Å². The van der Waals surface area contributed by atoms with Gasteiger partial charge >= 0.3 is 71.8 Å². The number of rotatable bonds is 1. The van der Waals surface area contributed by atoms with E-state index in [2.05, 4.69) is 131 Å². The summed E-state index contributed by atoms with van der Waals surface area (Å²) in [5.41, 5.74) is 9.29. The van der Waals surface area contributed by atoms with Crippen molar-refractivity contribution < 1.29 is 46.1 Å². The Balaban J connectivity index is 0. The molecule has 0 saturated carbocycles. The summed E-state index contributed by atoms with van der Waals surface area (Å²) in [6.07, 6.45) is 6.93. The summed E-state index contributed by atoms with van der Waals surface area (Å²) in [5.74, 6) is 3.49. The molecule has 0 aromatic heterocycles. The van der Waals surface area contributed by atoms with E-state index < -0.39 is 10.1 Å². The van der Waals surface area contributed by atoms with Crippen molar-refractivity contribution in [1.29, 1.82) is 0 Å². The molecule has 2 atom stereocenters. The van der Waals surface area contributed by atoms with Gasteiger partial charge in [-0.1, -0.05) is 106 Å². The van der Waals surface area contributed by atoms with Crippen LogP contribution in [0.25, 0.3) is 0 Å². The molecule has 3 rings (SSSR count). The van der Waals surface area contributed by atoms with E-state index in [0.29, 0.717) is 11.8 Å². The monoisotopic (exact) mass is 742 g/mol. The van der Waals surface area contributed by atoms with Crippen molar-refractivity contribution in [2.24, 2.45) is 22.7 Å². The van der Waals surface area contributed by atoms with Gasteiger partial charge in [0.2, 0.25) is 0 Å². The normalized spacial score (nSPS) is 19.4. The summed E-state index contributed by atoms with van der Waals surface area (Å²) < 4.78 is 1.64. The van der Waals surface area contributed by atoms with Gasteiger partial charge in [0.1, 0.15) is 0 Å². The van der Waals surface area contributed by atoms with Crippen LogP contribution in [0.5, 0.6) is 0 Å². The molecule has 0 nitrogen and oxygen atoms in total. The Morgan fingerprint density at radius 1 is 0.686 bits per heavy atom. The molecule has 0 fully saturated rings. The Morgan fingerprint density at radius 3 is 1.14 bits per heavy atom. The van der Waals surface area contributed by atoms with E-state index in [9.17, 15) is 0 Å². The van der Waals surface area contributed by atoms with Crippen molar-refractivity contribution in [1.82, 2.24) is 0 Å². The van der Waals surface area contributed by atoms with Crippen LogP contribution in [0, 0.1) is 34.8 Å². The molecule has 2 aliphatic rings. The molecule has 0 spiro atoms. The number of benzene rings is 1. The molecule has 0 saturated heterocycles. The average molecular weight is 741 g/mol. The van der Waals surface area contributed by atoms with Gasteiger partial charge in [0.25, 0.3) is 0 Å². The van der Waals surface area contributed by atoms with Gasteiger partial charge in [-0.25, -0.2) is 11.1 Å². The summed E-state index contributed by atoms with van der Waals surface area (Å²) in [6.45, 7) is 26.9. The Hall–Kier alpha value is 0.173. The van der Waals surface area contributed by atoms with Gasteiger partial charge < -0.3 is 24.8 Å². The quantitative estimate of drug-likeness (QED) is 0.307. The molecule has 0 bridgehead atoms. The molecular formula is C31H46Cl2GeHf-2. The minimum absolute atomic E-state index is 0. The predicted molar refractivity (Wildman–Crippen MR) is 145 cm³/mol. The first-order chi connectivity index (χ1) is 15.0. The molecular weight excluding hydrogens is 694 g/mol. The third kappa shape index (κ3) is 11.2. The Kier molecular flexibility index (Phi) is 16.6. The van der Waals surface area contributed by atoms with E-state index in [-0.39, 0.29) is 35.6 Å². The topological polar surface area (TPSA) is 0 Å². The molecule has 0 aliphatic heterocycles. The van der Waals surface area contributed by atoms with Crippen LogP contribution in [0.15, 0.2) is 63.8 Å². The zero-order valence-corrected chi connectivity index (χ0v) is 31.5. The molecule has 0 radical (unpaired) electrons. The first kappa shape index (κ1) is 37.3. The molecule has 1 aromatic rings. The molecule has 2 unspecified atom stereocenters. The van der Waals surface area contributed by atoms with Gasteiger partial charge in [-0.05, 0) is 0 Å². The number of hydrogen-bond donors (Lipinski definition) is 0. The van der Waals surface area contributed by atoms with Crippen LogP contribution >= 0.6 is 0 Å². The van der Waals surface area contributed by atoms with E-state index in [0.717, 1.165) is 0 Å². The zero-order chi connectivity index (χ0) is 25.7. The Morgan fingerprint density at radius 2 is 1.00 bits per heavy atom. The van der Waals surface area contributed by atoms with Gasteiger partial charge in [0.05, 0.1) is 0 Å². The van der Waals surface area contributed by atoms with Crippen molar-refractivity contribution in [3.8, 4) is 0 Å². The summed E-state index contributed by atoms with van der Waals surface area (Å²) >= 11 is 1.42. The number of allylic oxidation sites excluding steroid dienone is 8. The van der Waals surface area contributed by atoms with Crippen molar-refractivity contribution >= 4 is 14.5 Å². The fraction of sp³-hybridized carbons (Fsp3) is 0.548. The second-order valence-electron chi connectivity index (χ2n) is 11.6. The van der Waals surface area contributed by atoms with Crippen LogP contribution in [-0.4, -0.2) is 10.1 Å². The molecule has 4 heteroatoms. The first-order valence-electron chi connectivity index (χ1n) is 12.2. The first-order valence-corrected chi connectivity index (χ1v) is 25.8. The second kappa shape index (κ2) is 15.6. The molecule has 2 aliphatic carbocycles. The Labute approximate surface area is 246 Å². The minimum atomic E-state index is -0.627. The van der Waals surface area contributed by atoms with Gasteiger partial charge in [0, 0.05) is 0 Å². The zero-order valence-electron chi connectivity index (χ0n) is 24.3. The van der Waals surface area contributed by atoms with E-state index in [1.54, 1.807) is 4.40 Å². The summed E-state index contributed by atoms with van der Waals surface area (Å²) in [6, 6.07) is 10.9. The van der Waals surface area contributed by atoms with Crippen LogP contribution in [-0.2, 0) is 21.3 Å². The van der Waals surface area contributed by atoms with Crippen LogP contribution in [0.2, 0.25) is 5.76 Å². The van der Waals surface area contributed by atoms with Crippen molar-refractivity contribution in [2.45, 2.75) is 88.8 Å². The predicted octanol–water partition coefficient (Wildman–Crippen LogP) is 2.57. The largest absolute Gasteiger partial charge is 1.00 e. The maximum absolute atomic E-state index is 3.47. The third-order valence-corrected chi connectivity index (χ3v) is 14.3. The second-order valence-corrected chi connectivity index (χ2v) is 29.4. The Bertz CT molecular complexity index is 911. The van der Waals surface area contributed by atoms with Crippen LogP contribution in [0.4, 0.5) is 0 Å². The van der Waals surface area contributed by atoms with Gasteiger partial charge in [-0.3, -0.25) is 12.2 Å². The van der Waals surface area contributed by atoms with E-state index in [1.807, 2.05) is 0 Å².